The van der Waals surface area contributed by atoms with Gasteiger partial charge in [-0.1, -0.05) is 24.3 Å². The minimum Gasteiger partial charge on any atom is -0.330 e. The summed E-state index contributed by atoms with van der Waals surface area (Å²) in [5.74, 6) is 1.28. The minimum absolute atomic E-state index is 0.0296. The van der Waals surface area contributed by atoms with Crippen molar-refractivity contribution in [3.05, 3.63) is 35.4 Å². The Morgan fingerprint density at radius 1 is 1.12 bits per heavy atom. The first kappa shape index (κ1) is 17.4. The van der Waals surface area contributed by atoms with Crippen LogP contribution in [0.15, 0.2) is 24.3 Å². The molecule has 1 aromatic rings. The summed E-state index contributed by atoms with van der Waals surface area (Å²) < 4.78 is 0. The maximum absolute atomic E-state index is 13.2. The van der Waals surface area contributed by atoms with E-state index in [1.807, 2.05) is 6.07 Å². The lowest BCUT2D eigenvalue weighted by atomic mass is 9.83. The molecular formula is C20H23N3O2S. The Balaban J connectivity index is 1.47. The van der Waals surface area contributed by atoms with E-state index >= 15 is 0 Å². The van der Waals surface area contributed by atoms with Crippen molar-refractivity contribution in [1.29, 1.82) is 5.26 Å². The average Bonchev–Trinajstić information content (AvgIpc) is 3.35. The molecule has 3 aliphatic rings. The number of amides is 2. The Kier molecular flexibility index (Phi) is 4.90. The summed E-state index contributed by atoms with van der Waals surface area (Å²) in [6, 6.07) is 9.82. The second-order valence-corrected chi connectivity index (χ2v) is 8.35. The van der Waals surface area contributed by atoms with Gasteiger partial charge in [-0.15, -0.1) is 11.8 Å². The van der Waals surface area contributed by atoms with Crippen LogP contribution in [0.1, 0.15) is 30.4 Å². The van der Waals surface area contributed by atoms with Crippen LogP contribution in [0.25, 0.3) is 0 Å². The molecule has 0 saturated carbocycles. The molecular weight excluding hydrogens is 346 g/mol. The summed E-state index contributed by atoms with van der Waals surface area (Å²) in [7, 11) is 0. The highest BCUT2D eigenvalue weighted by atomic mass is 32.2. The molecule has 2 saturated heterocycles. The number of hydrogen-bond acceptors (Lipinski definition) is 4. The van der Waals surface area contributed by atoms with Gasteiger partial charge in [-0.25, -0.2) is 0 Å². The number of thioether (sulfide) groups is 1. The quantitative estimate of drug-likeness (QED) is 0.802. The van der Waals surface area contributed by atoms with E-state index < -0.39 is 0 Å². The Hall–Kier alpha value is -2.00. The molecule has 0 unspecified atom stereocenters. The molecule has 1 aliphatic carbocycles. The predicted octanol–water partition coefficient (Wildman–Crippen LogP) is 2.21. The number of fused-ring (bicyclic) bond motifs is 1. The zero-order valence-electron chi connectivity index (χ0n) is 14.8. The third kappa shape index (κ3) is 3.09. The number of likely N-dealkylation sites (tertiary alicyclic amines) is 1. The first-order valence-corrected chi connectivity index (χ1v) is 10.5. The van der Waals surface area contributed by atoms with Gasteiger partial charge >= 0.3 is 0 Å². The van der Waals surface area contributed by atoms with Crippen molar-refractivity contribution in [3.63, 3.8) is 0 Å². The molecule has 2 fully saturated rings. The second-order valence-electron chi connectivity index (χ2n) is 7.35. The van der Waals surface area contributed by atoms with Gasteiger partial charge in [-0.2, -0.15) is 5.26 Å². The van der Waals surface area contributed by atoms with Crippen LogP contribution in [-0.2, 0) is 22.4 Å². The first-order chi connectivity index (χ1) is 12.7. The molecule has 26 heavy (non-hydrogen) atoms. The van der Waals surface area contributed by atoms with E-state index in [9.17, 15) is 14.9 Å². The number of aryl methyl sites for hydroxylation is 1. The molecule has 2 amide bonds. The lowest BCUT2D eigenvalue weighted by molar-refractivity contribution is -0.146. The van der Waals surface area contributed by atoms with Gasteiger partial charge in [0.1, 0.15) is 12.1 Å². The van der Waals surface area contributed by atoms with Crippen LogP contribution in [0.5, 0.6) is 0 Å². The molecule has 0 spiro atoms. The van der Waals surface area contributed by atoms with Gasteiger partial charge < -0.3 is 9.80 Å². The van der Waals surface area contributed by atoms with Crippen molar-refractivity contribution >= 4 is 23.6 Å². The number of nitriles is 1. The predicted molar refractivity (Wildman–Crippen MR) is 100 cm³/mol. The summed E-state index contributed by atoms with van der Waals surface area (Å²) in [5.41, 5.74) is 2.61. The van der Waals surface area contributed by atoms with E-state index in [1.165, 1.54) is 11.1 Å². The number of rotatable bonds is 2. The van der Waals surface area contributed by atoms with Gasteiger partial charge in [0.15, 0.2) is 0 Å². The molecule has 1 aromatic carbocycles. The van der Waals surface area contributed by atoms with Gasteiger partial charge in [-0.3, -0.25) is 9.59 Å². The van der Waals surface area contributed by atoms with E-state index in [0.29, 0.717) is 24.6 Å². The van der Waals surface area contributed by atoms with Crippen LogP contribution < -0.4 is 0 Å². The molecule has 0 bridgehead atoms. The fourth-order valence-electron chi connectivity index (χ4n) is 4.39. The van der Waals surface area contributed by atoms with Crippen molar-refractivity contribution in [2.24, 2.45) is 5.92 Å². The molecule has 0 radical (unpaired) electrons. The lowest BCUT2D eigenvalue weighted by Gasteiger charge is -2.33. The molecule has 2 aliphatic heterocycles. The fraction of sp³-hybridized carbons (Fsp3) is 0.550. The number of nitrogens with zero attached hydrogens (tertiary/aromatic N) is 3. The molecule has 4 rings (SSSR count). The van der Waals surface area contributed by atoms with Crippen LogP contribution in [0.4, 0.5) is 0 Å². The minimum atomic E-state index is -0.380. The third-order valence-corrected chi connectivity index (χ3v) is 6.84. The third-order valence-electron chi connectivity index (χ3n) is 5.83. The second kappa shape index (κ2) is 7.32. The van der Waals surface area contributed by atoms with Crippen LogP contribution in [0.3, 0.4) is 0 Å². The van der Waals surface area contributed by atoms with Crippen molar-refractivity contribution < 1.29 is 9.59 Å². The van der Waals surface area contributed by atoms with Crippen LogP contribution in [0.2, 0.25) is 0 Å². The molecule has 0 aromatic heterocycles. The van der Waals surface area contributed by atoms with Crippen molar-refractivity contribution in [3.8, 4) is 6.07 Å². The van der Waals surface area contributed by atoms with E-state index in [0.717, 1.165) is 25.7 Å². The monoisotopic (exact) mass is 369 g/mol. The first-order valence-electron chi connectivity index (χ1n) is 9.34. The largest absolute Gasteiger partial charge is 0.330 e. The average molecular weight is 369 g/mol. The number of carbonyl (C=O) groups is 2. The fourth-order valence-corrected chi connectivity index (χ4v) is 5.48. The normalized spacial score (nSPS) is 27.9. The maximum atomic E-state index is 13.2. The SMILES string of the molecule is N#C[C@@H]1CSCN1C(=O)[C@H]1CCCN1C(=O)[C@H]1CCc2ccccc2C1. The summed E-state index contributed by atoms with van der Waals surface area (Å²) >= 11 is 1.61. The summed E-state index contributed by atoms with van der Waals surface area (Å²) in [6.07, 6.45) is 4.13. The van der Waals surface area contributed by atoms with Crippen molar-refractivity contribution in [2.75, 3.05) is 18.2 Å². The van der Waals surface area contributed by atoms with E-state index in [2.05, 4.69) is 24.3 Å². The summed E-state index contributed by atoms with van der Waals surface area (Å²) in [5, 5.41) is 9.26. The summed E-state index contributed by atoms with van der Waals surface area (Å²) in [4.78, 5) is 29.6. The number of hydrogen-bond donors (Lipinski definition) is 0. The maximum Gasteiger partial charge on any atom is 0.247 e. The molecule has 136 valence electrons. The summed E-state index contributed by atoms with van der Waals surface area (Å²) in [6.45, 7) is 0.658. The number of carbonyl (C=O) groups excluding carboxylic acids is 2. The van der Waals surface area contributed by atoms with Gasteiger partial charge in [0.05, 0.1) is 11.9 Å². The van der Waals surface area contributed by atoms with E-state index in [-0.39, 0.29) is 29.8 Å². The zero-order chi connectivity index (χ0) is 18.1. The van der Waals surface area contributed by atoms with E-state index in [1.54, 1.807) is 21.6 Å². The smallest absolute Gasteiger partial charge is 0.247 e. The Morgan fingerprint density at radius 2 is 1.92 bits per heavy atom. The number of benzene rings is 1. The highest BCUT2D eigenvalue weighted by Crippen LogP contribution is 2.31. The van der Waals surface area contributed by atoms with Crippen molar-refractivity contribution in [2.45, 2.75) is 44.2 Å². The Morgan fingerprint density at radius 3 is 2.73 bits per heavy atom. The van der Waals surface area contributed by atoms with E-state index in [4.69, 9.17) is 0 Å². The van der Waals surface area contributed by atoms with Crippen LogP contribution in [-0.4, -0.2) is 51.9 Å². The molecule has 5 nitrogen and oxygen atoms in total. The zero-order valence-corrected chi connectivity index (χ0v) is 15.6. The molecule has 6 heteroatoms. The van der Waals surface area contributed by atoms with Crippen LogP contribution >= 0.6 is 11.8 Å². The molecule has 3 atom stereocenters. The van der Waals surface area contributed by atoms with Gasteiger partial charge in [-0.05, 0) is 43.2 Å². The van der Waals surface area contributed by atoms with Gasteiger partial charge in [0, 0.05) is 18.2 Å². The standard InChI is InChI=1S/C20H23N3O2S/c21-11-17-12-26-13-23(17)20(25)18-6-3-9-22(18)19(24)16-8-7-14-4-1-2-5-15(14)10-16/h1-2,4-5,16-18H,3,6-10,12-13H2/t16-,17+,18+/m0/s1. The van der Waals surface area contributed by atoms with Crippen LogP contribution in [0, 0.1) is 17.2 Å². The lowest BCUT2D eigenvalue weighted by Crippen LogP contribution is -2.51. The highest BCUT2D eigenvalue weighted by molar-refractivity contribution is 7.99. The Bertz CT molecular complexity index is 760. The van der Waals surface area contributed by atoms with Gasteiger partial charge in [0.25, 0.3) is 0 Å². The van der Waals surface area contributed by atoms with Gasteiger partial charge in [0.2, 0.25) is 11.8 Å². The Labute approximate surface area is 158 Å². The highest BCUT2D eigenvalue weighted by Gasteiger charge is 2.42. The molecule has 2 heterocycles. The van der Waals surface area contributed by atoms with Crippen molar-refractivity contribution in [1.82, 2.24) is 9.80 Å². The molecule has 0 N–H and O–H groups in total. The topological polar surface area (TPSA) is 64.4 Å².